The second kappa shape index (κ2) is 11.3. The number of methoxy groups -OCH3 is 3. The molecule has 3 atom stereocenters. The third kappa shape index (κ3) is 5.34. The summed E-state index contributed by atoms with van der Waals surface area (Å²) in [5.74, 6) is 1.67. The van der Waals surface area contributed by atoms with Crippen LogP contribution in [0.25, 0.3) is 6.08 Å². The Hall–Kier alpha value is -3.39. The summed E-state index contributed by atoms with van der Waals surface area (Å²) < 4.78 is 21.9. The van der Waals surface area contributed by atoms with E-state index in [4.69, 9.17) is 18.9 Å². The van der Waals surface area contributed by atoms with Crippen LogP contribution in [0.2, 0.25) is 0 Å². The smallest absolute Gasteiger partial charge is 0.247 e. The predicted octanol–water partition coefficient (Wildman–Crippen LogP) is 4.72. The van der Waals surface area contributed by atoms with Gasteiger partial charge in [0.2, 0.25) is 11.7 Å². The topological polar surface area (TPSA) is 97.7 Å². The van der Waals surface area contributed by atoms with Crippen molar-refractivity contribution in [3.8, 4) is 28.7 Å². The quantitative estimate of drug-likeness (QED) is 0.495. The number of hydrogen-bond acceptors (Lipinski definition) is 7. The van der Waals surface area contributed by atoms with E-state index in [1.807, 2.05) is 17.9 Å². The van der Waals surface area contributed by atoms with E-state index in [1.165, 1.54) is 0 Å². The van der Waals surface area contributed by atoms with Crippen molar-refractivity contribution >= 4 is 12.0 Å². The number of phenolic OH excluding ortho intramolecular Hbond substituents is 1. The minimum absolute atomic E-state index is 0.0560. The first-order valence-corrected chi connectivity index (χ1v) is 12.8. The summed E-state index contributed by atoms with van der Waals surface area (Å²) in [4.78, 5) is 15.5. The molecule has 0 spiro atoms. The van der Waals surface area contributed by atoms with Gasteiger partial charge in [0, 0.05) is 18.5 Å². The molecule has 1 aliphatic carbocycles. The summed E-state index contributed by atoms with van der Waals surface area (Å²) >= 11 is 0. The Bertz CT molecular complexity index is 1120. The van der Waals surface area contributed by atoms with Crippen LogP contribution in [0, 0.1) is 5.92 Å². The molecule has 1 amide bonds. The molecule has 2 aromatic carbocycles. The van der Waals surface area contributed by atoms with Crippen LogP contribution in [-0.2, 0) is 4.79 Å². The number of nitrogens with zero attached hydrogens (tertiary/aromatic N) is 1. The summed E-state index contributed by atoms with van der Waals surface area (Å²) in [6, 6.07) is 8.46. The second-order valence-electron chi connectivity index (χ2n) is 9.63. The first-order chi connectivity index (χ1) is 17.8. The maximum Gasteiger partial charge on any atom is 0.247 e. The number of piperidine rings is 1. The lowest BCUT2D eigenvalue weighted by Crippen LogP contribution is -2.56. The molecule has 0 unspecified atom stereocenters. The van der Waals surface area contributed by atoms with Gasteiger partial charge in [0.05, 0.1) is 39.6 Å². The lowest BCUT2D eigenvalue weighted by molar-refractivity contribution is -0.150. The summed E-state index contributed by atoms with van der Waals surface area (Å²) in [6.45, 7) is 2.70. The normalized spacial score (nSPS) is 23.4. The van der Waals surface area contributed by atoms with E-state index in [1.54, 1.807) is 57.7 Å². The fourth-order valence-electron chi connectivity index (χ4n) is 5.79. The van der Waals surface area contributed by atoms with Crippen LogP contribution < -0.4 is 18.9 Å². The summed E-state index contributed by atoms with van der Waals surface area (Å²) in [5.41, 5.74) is 0.763. The van der Waals surface area contributed by atoms with Gasteiger partial charge in [-0.25, -0.2) is 0 Å². The van der Waals surface area contributed by atoms with Gasteiger partial charge in [-0.3, -0.25) is 4.79 Å². The SMILES string of the molecule is CCOc1cc([C@@H]2[C@@H]3CCCC[C@@]3(O)CCN2C(=O)/C=C/c2cc(OC)c(OC)c(OC)c2)ccc1O. The Morgan fingerprint density at radius 3 is 2.43 bits per heavy atom. The zero-order valence-corrected chi connectivity index (χ0v) is 22.0. The molecule has 0 bridgehead atoms. The van der Waals surface area contributed by atoms with Crippen molar-refractivity contribution in [2.45, 2.75) is 50.7 Å². The third-order valence-corrected chi connectivity index (χ3v) is 7.58. The molecule has 200 valence electrons. The fraction of sp³-hybridized carbons (Fsp3) is 0.483. The first kappa shape index (κ1) is 26.7. The van der Waals surface area contributed by atoms with E-state index in [0.717, 1.165) is 36.8 Å². The molecule has 1 saturated heterocycles. The van der Waals surface area contributed by atoms with Crippen LogP contribution >= 0.6 is 0 Å². The number of carbonyl (C=O) groups excluding carboxylic acids is 1. The molecule has 1 heterocycles. The molecule has 2 aliphatic rings. The number of rotatable bonds is 8. The molecule has 0 aromatic heterocycles. The highest BCUT2D eigenvalue weighted by Crippen LogP contribution is 2.50. The highest BCUT2D eigenvalue weighted by atomic mass is 16.5. The average Bonchev–Trinajstić information content (AvgIpc) is 2.91. The number of carbonyl (C=O) groups is 1. The molecule has 1 aliphatic heterocycles. The highest BCUT2D eigenvalue weighted by molar-refractivity contribution is 5.92. The van der Waals surface area contributed by atoms with Crippen LogP contribution in [-0.4, -0.2) is 61.1 Å². The van der Waals surface area contributed by atoms with Gasteiger partial charge in [0.15, 0.2) is 23.0 Å². The minimum atomic E-state index is -0.816. The molecule has 8 heteroatoms. The van der Waals surface area contributed by atoms with Crippen LogP contribution in [0.1, 0.15) is 56.2 Å². The molecule has 4 rings (SSSR count). The molecule has 8 nitrogen and oxygen atoms in total. The van der Waals surface area contributed by atoms with Gasteiger partial charge >= 0.3 is 0 Å². The summed E-state index contributed by atoms with van der Waals surface area (Å²) in [5, 5.41) is 21.8. The van der Waals surface area contributed by atoms with Gasteiger partial charge < -0.3 is 34.1 Å². The van der Waals surface area contributed by atoms with E-state index >= 15 is 0 Å². The van der Waals surface area contributed by atoms with E-state index in [0.29, 0.717) is 42.6 Å². The Morgan fingerprint density at radius 1 is 1.05 bits per heavy atom. The fourth-order valence-corrected chi connectivity index (χ4v) is 5.79. The molecule has 0 radical (unpaired) electrons. The number of fused-ring (bicyclic) bond motifs is 1. The van der Waals surface area contributed by atoms with E-state index in [2.05, 4.69) is 0 Å². The van der Waals surface area contributed by atoms with Crippen LogP contribution in [0.15, 0.2) is 36.4 Å². The molecule has 2 aromatic rings. The molecular formula is C29H37NO7. The first-order valence-electron chi connectivity index (χ1n) is 12.8. The molecule has 37 heavy (non-hydrogen) atoms. The minimum Gasteiger partial charge on any atom is -0.504 e. The number of hydrogen-bond donors (Lipinski definition) is 2. The number of likely N-dealkylation sites (tertiary alicyclic amines) is 1. The number of phenols is 1. The van der Waals surface area contributed by atoms with Crippen LogP contribution in [0.5, 0.6) is 28.7 Å². The maximum absolute atomic E-state index is 13.6. The van der Waals surface area contributed by atoms with Crippen LogP contribution in [0.3, 0.4) is 0 Å². The zero-order chi connectivity index (χ0) is 26.6. The van der Waals surface area contributed by atoms with Crippen molar-refractivity contribution in [1.82, 2.24) is 4.90 Å². The van der Waals surface area contributed by atoms with Crippen molar-refractivity contribution in [2.24, 2.45) is 5.92 Å². The summed E-state index contributed by atoms with van der Waals surface area (Å²) in [6.07, 6.45) is 7.35. The Morgan fingerprint density at radius 2 is 1.78 bits per heavy atom. The number of benzene rings is 2. The van der Waals surface area contributed by atoms with Crippen molar-refractivity contribution < 1.29 is 34.0 Å². The van der Waals surface area contributed by atoms with Gasteiger partial charge in [0.1, 0.15) is 0 Å². The van der Waals surface area contributed by atoms with Crippen LogP contribution in [0.4, 0.5) is 0 Å². The average molecular weight is 512 g/mol. The number of amides is 1. The Kier molecular flexibility index (Phi) is 8.17. The van der Waals surface area contributed by atoms with Gasteiger partial charge in [-0.2, -0.15) is 0 Å². The lowest BCUT2D eigenvalue weighted by atomic mass is 9.66. The van der Waals surface area contributed by atoms with E-state index in [9.17, 15) is 15.0 Å². The monoisotopic (exact) mass is 511 g/mol. The third-order valence-electron chi connectivity index (χ3n) is 7.58. The number of ether oxygens (including phenoxy) is 4. The predicted molar refractivity (Wildman–Crippen MR) is 140 cm³/mol. The van der Waals surface area contributed by atoms with Crippen molar-refractivity contribution in [2.75, 3.05) is 34.5 Å². The standard InChI is InChI=1S/C29H37NO7/c1-5-37-23-18-20(10-11-22(23)31)27-21-8-6-7-13-29(21,33)14-15-30(27)26(32)12-9-19-16-24(34-2)28(36-4)25(17-19)35-3/h9-12,16-18,21,27,31,33H,5-8,13-15H2,1-4H3/b12-9+/t21-,27+,29+/m0/s1. The Balaban J connectivity index is 1.68. The van der Waals surface area contributed by atoms with Gasteiger partial charge in [-0.05, 0) is 67.7 Å². The lowest BCUT2D eigenvalue weighted by Gasteiger charge is -2.52. The molecule has 2 N–H and O–H groups in total. The Labute approximate surface area is 218 Å². The highest BCUT2D eigenvalue weighted by Gasteiger charge is 2.50. The molecular weight excluding hydrogens is 474 g/mol. The largest absolute Gasteiger partial charge is 0.504 e. The molecule has 2 fully saturated rings. The zero-order valence-electron chi connectivity index (χ0n) is 22.0. The summed E-state index contributed by atoms with van der Waals surface area (Å²) in [7, 11) is 4.64. The van der Waals surface area contributed by atoms with Crippen molar-refractivity contribution in [3.05, 3.63) is 47.5 Å². The number of aromatic hydroxyl groups is 1. The van der Waals surface area contributed by atoms with E-state index < -0.39 is 5.60 Å². The van der Waals surface area contributed by atoms with Gasteiger partial charge in [-0.15, -0.1) is 0 Å². The van der Waals surface area contributed by atoms with Crippen molar-refractivity contribution in [1.29, 1.82) is 0 Å². The van der Waals surface area contributed by atoms with Gasteiger partial charge in [0.25, 0.3) is 0 Å². The number of aliphatic hydroxyl groups is 1. The maximum atomic E-state index is 13.6. The van der Waals surface area contributed by atoms with Gasteiger partial charge in [-0.1, -0.05) is 18.9 Å². The van der Waals surface area contributed by atoms with E-state index in [-0.39, 0.29) is 23.6 Å². The second-order valence-corrected chi connectivity index (χ2v) is 9.63. The van der Waals surface area contributed by atoms with Crippen molar-refractivity contribution in [3.63, 3.8) is 0 Å². The molecule has 1 saturated carbocycles.